The summed E-state index contributed by atoms with van der Waals surface area (Å²) in [7, 11) is 0. The Labute approximate surface area is 150 Å². The number of amides is 1. The van der Waals surface area contributed by atoms with Crippen molar-refractivity contribution in [1.82, 2.24) is 15.2 Å². The molecule has 2 rings (SSSR count). The van der Waals surface area contributed by atoms with Gasteiger partial charge >= 0.3 is 12.3 Å². The molecule has 1 aromatic rings. The van der Waals surface area contributed by atoms with E-state index in [4.69, 9.17) is 10.6 Å². The van der Waals surface area contributed by atoms with Crippen molar-refractivity contribution in [1.29, 1.82) is 0 Å². The molecule has 0 aromatic carbocycles. The molecule has 1 fully saturated rings. The number of ether oxygens (including phenoxy) is 1. The number of nitrogens with zero attached hydrogens (tertiary/aromatic N) is 2. The fourth-order valence-corrected chi connectivity index (χ4v) is 2.82. The fourth-order valence-electron chi connectivity index (χ4n) is 2.82. The number of rotatable bonds is 4. The van der Waals surface area contributed by atoms with Gasteiger partial charge in [-0.2, -0.15) is 13.2 Å². The molecule has 146 valence electrons. The van der Waals surface area contributed by atoms with E-state index in [1.165, 1.54) is 12.1 Å². The number of nitrogen functional groups attached to an aromatic ring is 1. The van der Waals surface area contributed by atoms with Gasteiger partial charge in [0.2, 0.25) is 0 Å². The average Bonchev–Trinajstić information content (AvgIpc) is 3.03. The molecule has 1 amide bonds. The van der Waals surface area contributed by atoms with Gasteiger partial charge in [-0.25, -0.2) is 15.6 Å². The van der Waals surface area contributed by atoms with E-state index in [0.29, 0.717) is 13.0 Å². The summed E-state index contributed by atoms with van der Waals surface area (Å²) in [6.45, 7) is 5.63. The van der Waals surface area contributed by atoms with E-state index in [0.717, 1.165) is 11.1 Å². The van der Waals surface area contributed by atoms with Gasteiger partial charge in [-0.3, -0.25) is 4.90 Å². The minimum atomic E-state index is -4.70. The Hall–Kier alpha value is -2.07. The Balaban J connectivity index is 2.45. The standard InChI is InChI=1S/C16H24F3N5O2/c1-15(2,3)26-14(25)24(11-6-7-21-9-11)13(16(17,18)19)10-4-5-12(23-20)22-8-10/h4-5,8,11,13,21H,6-7,9,20H2,1-3H3,(H,22,23)/t11-,13-/m1/s1. The van der Waals surface area contributed by atoms with E-state index < -0.39 is 30.0 Å². The number of hydrogen-bond acceptors (Lipinski definition) is 6. The van der Waals surface area contributed by atoms with Crippen molar-refractivity contribution in [3.8, 4) is 0 Å². The van der Waals surface area contributed by atoms with Gasteiger partial charge in [-0.15, -0.1) is 0 Å². The maximum atomic E-state index is 13.9. The number of nitrogens with one attached hydrogen (secondary N) is 2. The molecule has 0 saturated carbocycles. The van der Waals surface area contributed by atoms with Gasteiger partial charge in [-0.1, -0.05) is 6.07 Å². The average molecular weight is 375 g/mol. The van der Waals surface area contributed by atoms with Gasteiger partial charge in [0.05, 0.1) is 0 Å². The highest BCUT2D eigenvalue weighted by atomic mass is 19.4. The number of alkyl halides is 3. The minimum absolute atomic E-state index is 0.158. The van der Waals surface area contributed by atoms with Crippen LogP contribution < -0.4 is 16.6 Å². The second-order valence-electron chi connectivity index (χ2n) is 7.10. The second-order valence-corrected chi connectivity index (χ2v) is 7.10. The van der Waals surface area contributed by atoms with Crippen LogP contribution in [0.2, 0.25) is 0 Å². The maximum absolute atomic E-state index is 13.9. The molecule has 0 radical (unpaired) electrons. The molecule has 10 heteroatoms. The minimum Gasteiger partial charge on any atom is -0.444 e. The highest BCUT2D eigenvalue weighted by molar-refractivity contribution is 5.69. The number of carbonyl (C=O) groups is 1. The van der Waals surface area contributed by atoms with E-state index >= 15 is 0 Å². The highest BCUT2D eigenvalue weighted by Gasteiger charge is 2.50. The van der Waals surface area contributed by atoms with Crippen molar-refractivity contribution in [3.05, 3.63) is 23.9 Å². The number of halogens is 3. The molecule has 0 unspecified atom stereocenters. The van der Waals surface area contributed by atoms with Crippen LogP contribution in [0.1, 0.15) is 38.8 Å². The van der Waals surface area contributed by atoms with Crippen molar-refractivity contribution in [2.24, 2.45) is 5.84 Å². The van der Waals surface area contributed by atoms with Crippen LogP contribution in [0, 0.1) is 0 Å². The normalized spacial score (nSPS) is 19.1. The Morgan fingerprint density at radius 3 is 2.54 bits per heavy atom. The SMILES string of the molecule is CC(C)(C)OC(=O)N([C@@H]1CCNC1)[C@H](c1ccc(NN)nc1)C(F)(F)F. The lowest BCUT2D eigenvalue weighted by molar-refractivity contribution is -0.188. The molecular weight excluding hydrogens is 351 g/mol. The fraction of sp³-hybridized carbons (Fsp3) is 0.625. The third-order valence-electron chi connectivity index (χ3n) is 3.87. The van der Waals surface area contributed by atoms with Crippen molar-refractivity contribution in [2.75, 3.05) is 18.5 Å². The number of anilines is 1. The van der Waals surface area contributed by atoms with Crippen LogP contribution in [0.4, 0.5) is 23.8 Å². The topological polar surface area (TPSA) is 92.5 Å². The summed E-state index contributed by atoms with van der Waals surface area (Å²) in [6.07, 6.45) is -4.23. The van der Waals surface area contributed by atoms with E-state index in [-0.39, 0.29) is 17.9 Å². The molecule has 2 atom stereocenters. The molecule has 0 aliphatic carbocycles. The Morgan fingerprint density at radius 1 is 1.42 bits per heavy atom. The number of carbonyl (C=O) groups excluding carboxylic acids is 1. The van der Waals surface area contributed by atoms with Gasteiger partial charge in [0.1, 0.15) is 11.4 Å². The number of nitrogens with two attached hydrogens (primary N) is 1. The third kappa shape index (κ3) is 4.98. The molecule has 1 aliphatic heterocycles. The Morgan fingerprint density at radius 2 is 2.12 bits per heavy atom. The molecule has 1 aliphatic rings. The van der Waals surface area contributed by atoms with Gasteiger partial charge in [0, 0.05) is 24.3 Å². The molecule has 7 nitrogen and oxygen atoms in total. The summed E-state index contributed by atoms with van der Waals surface area (Å²) in [4.78, 5) is 17.3. The molecule has 0 spiro atoms. The summed E-state index contributed by atoms with van der Waals surface area (Å²) in [5.74, 6) is 5.43. The maximum Gasteiger partial charge on any atom is 0.413 e. The van der Waals surface area contributed by atoms with E-state index in [1.807, 2.05) is 0 Å². The predicted molar refractivity (Wildman–Crippen MR) is 90.2 cm³/mol. The van der Waals surface area contributed by atoms with Crippen LogP contribution in [0.3, 0.4) is 0 Å². The number of hydrazine groups is 1. The number of hydrogen-bond donors (Lipinski definition) is 3. The summed E-state index contributed by atoms with van der Waals surface area (Å²) in [5, 5.41) is 2.99. The Kier molecular flexibility index (Phi) is 5.97. The molecule has 1 aromatic heterocycles. The zero-order valence-corrected chi connectivity index (χ0v) is 14.9. The summed E-state index contributed by atoms with van der Waals surface area (Å²) in [6, 6.07) is -0.223. The van der Waals surface area contributed by atoms with Crippen molar-refractivity contribution in [3.63, 3.8) is 0 Å². The predicted octanol–water partition coefficient (Wildman–Crippen LogP) is 2.57. The van der Waals surface area contributed by atoms with Crippen molar-refractivity contribution in [2.45, 2.75) is 51.1 Å². The largest absolute Gasteiger partial charge is 0.444 e. The first-order valence-corrected chi connectivity index (χ1v) is 8.24. The lowest BCUT2D eigenvalue weighted by Crippen LogP contribution is -2.50. The molecule has 0 bridgehead atoms. The summed E-state index contributed by atoms with van der Waals surface area (Å²) in [5.41, 5.74) is 1.19. The summed E-state index contributed by atoms with van der Waals surface area (Å²) < 4.78 is 47.1. The Bertz CT molecular complexity index is 610. The molecule has 1 saturated heterocycles. The van der Waals surface area contributed by atoms with E-state index in [1.54, 1.807) is 20.8 Å². The van der Waals surface area contributed by atoms with Gasteiger partial charge in [0.15, 0.2) is 6.04 Å². The van der Waals surface area contributed by atoms with Crippen LogP contribution in [-0.2, 0) is 4.74 Å². The molecule has 2 heterocycles. The van der Waals surface area contributed by atoms with Gasteiger partial charge in [-0.05, 0) is 39.8 Å². The van der Waals surface area contributed by atoms with Crippen LogP contribution in [-0.4, -0.2) is 46.9 Å². The highest BCUT2D eigenvalue weighted by Crippen LogP contribution is 2.40. The quantitative estimate of drug-likeness (QED) is 0.553. The van der Waals surface area contributed by atoms with Crippen LogP contribution in [0.25, 0.3) is 0 Å². The first-order chi connectivity index (χ1) is 12.0. The third-order valence-corrected chi connectivity index (χ3v) is 3.87. The van der Waals surface area contributed by atoms with Crippen LogP contribution in [0.5, 0.6) is 0 Å². The van der Waals surface area contributed by atoms with Gasteiger partial charge in [0.25, 0.3) is 0 Å². The monoisotopic (exact) mass is 375 g/mol. The van der Waals surface area contributed by atoms with Crippen LogP contribution >= 0.6 is 0 Å². The molecule has 4 N–H and O–H groups in total. The number of pyridine rings is 1. The summed E-state index contributed by atoms with van der Waals surface area (Å²) >= 11 is 0. The van der Waals surface area contributed by atoms with Gasteiger partial charge < -0.3 is 15.5 Å². The smallest absolute Gasteiger partial charge is 0.413 e. The zero-order valence-electron chi connectivity index (χ0n) is 14.9. The van der Waals surface area contributed by atoms with Crippen molar-refractivity contribution >= 4 is 11.9 Å². The van der Waals surface area contributed by atoms with E-state index in [2.05, 4.69) is 15.7 Å². The van der Waals surface area contributed by atoms with Crippen molar-refractivity contribution < 1.29 is 22.7 Å². The first kappa shape index (κ1) is 20.2. The lowest BCUT2D eigenvalue weighted by Gasteiger charge is -2.38. The molecule has 26 heavy (non-hydrogen) atoms. The first-order valence-electron chi connectivity index (χ1n) is 8.24. The number of aromatic nitrogens is 1. The van der Waals surface area contributed by atoms with E-state index in [9.17, 15) is 18.0 Å². The van der Waals surface area contributed by atoms with Crippen LogP contribution in [0.15, 0.2) is 18.3 Å². The lowest BCUT2D eigenvalue weighted by atomic mass is 10.0. The molecular formula is C16H24F3N5O2. The zero-order chi connectivity index (χ0) is 19.5. The second kappa shape index (κ2) is 7.67.